The predicted octanol–water partition coefficient (Wildman–Crippen LogP) is 0.0106. The van der Waals surface area contributed by atoms with Crippen molar-refractivity contribution in [2.45, 2.75) is 18.6 Å². The van der Waals surface area contributed by atoms with Crippen LogP contribution >= 0.6 is 10.7 Å². The number of hydrogen-bond acceptors (Lipinski definition) is 6. The summed E-state index contributed by atoms with van der Waals surface area (Å²) in [5.74, 6) is 0.301. The van der Waals surface area contributed by atoms with Gasteiger partial charge in [-0.05, 0) is 6.92 Å². The van der Waals surface area contributed by atoms with Gasteiger partial charge >= 0.3 is 0 Å². The van der Waals surface area contributed by atoms with Crippen molar-refractivity contribution in [2.24, 2.45) is 0 Å². The Morgan fingerprint density at radius 2 is 2.25 bits per heavy atom. The van der Waals surface area contributed by atoms with E-state index in [1.54, 1.807) is 6.92 Å². The first kappa shape index (κ1) is 11.0. The second-order valence-corrected chi connectivity index (χ2v) is 5.30. The van der Waals surface area contributed by atoms with Crippen molar-refractivity contribution in [1.29, 1.82) is 0 Å². The molecule has 0 fully saturated rings. The Kier molecular flexibility index (Phi) is 2.64. The highest BCUT2D eigenvalue weighted by Crippen LogP contribution is 2.19. The number of nitrogens with zero attached hydrogens (tertiary/aromatic N) is 5. The number of halogens is 1. The van der Waals surface area contributed by atoms with E-state index in [0.717, 1.165) is 0 Å². The van der Waals surface area contributed by atoms with Crippen LogP contribution in [0.25, 0.3) is 11.5 Å². The van der Waals surface area contributed by atoms with Crippen molar-refractivity contribution in [2.75, 3.05) is 0 Å². The van der Waals surface area contributed by atoms with Crippen molar-refractivity contribution in [3.05, 3.63) is 6.20 Å². The smallest absolute Gasteiger partial charge is 0.296 e. The summed E-state index contributed by atoms with van der Waals surface area (Å²) >= 11 is 0. The van der Waals surface area contributed by atoms with E-state index in [1.807, 2.05) is 0 Å². The lowest BCUT2D eigenvalue weighted by molar-refractivity contribution is 0.582. The first-order valence-corrected chi connectivity index (χ1v) is 6.59. The van der Waals surface area contributed by atoms with E-state index in [1.165, 1.54) is 10.8 Å². The molecular weight excluding hydrogens is 256 g/mol. The van der Waals surface area contributed by atoms with Gasteiger partial charge in [0.2, 0.25) is 0 Å². The van der Waals surface area contributed by atoms with Crippen LogP contribution in [0.3, 0.4) is 0 Å². The van der Waals surface area contributed by atoms with Gasteiger partial charge in [-0.2, -0.15) is 15.4 Å². The van der Waals surface area contributed by atoms with Gasteiger partial charge in [0, 0.05) is 17.2 Å². The quantitative estimate of drug-likeness (QED) is 0.781. The molecule has 0 radical (unpaired) electrons. The van der Waals surface area contributed by atoms with Gasteiger partial charge in [0.15, 0.2) is 5.82 Å². The molecule has 0 bridgehead atoms. The number of aromatic nitrogens is 6. The van der Waals surface area contributed by atoms with Crippen molar-refractivity contribution in [1.82, 2.24) is 30.2 Å². The van der Waals surface area contributed by atoms with Gasteiger partial charge in [-0.25, -0.2) is 8.42 Å². The van der Waals surface area contributed by atoms with Gasteiger partial charge in [-0.1, -0.05) is 0 Å². The van der Waals surface area contributed by atoms with E-state index < -0.39 is 9.05 Å². The van der Waals surface area contributed by atoms with Crippen molar-refractivity contribution < 1.29 is 8.42 Å². The van der Waals surface area contributed by atoms with Gasteiger partial charge < -0.3 is 0 Å². The maximum Gasteiger partial charge on any atom is 0.296 e. The highest BCUT2D eigenvalue weighted by Gasteiger charge is 2.23. The molecule has 2 aromatic rings. The van der Waals surface area contributed by atoms with E-state index in [-0.39, 0.29) is 5.16 Å². The third-order valence-corrected chi connectivity index (χ3v) is 3.05. The van der Waals surface area contributed by atoms with Crippen LogP contribution in [-0.2, 0) is 15.6 Å². The lowest BCUT2D eigenvalue weighted by Crippen LogP contribution is -2.06. The second-order valence-electron chi connectivity index (χ2n) is 2.84. The lowest BCUT2D eigenvalue weighted by atomic mass is 10.4. The molecule has 1 N–H and O–H groups in total. The van der Waals surface area contributed by atoms with E-state index >= 15 is 0 Å². The minimum absolute atomic E-state index is 0.297. The van der Waals surface area contributed by atoms with Crippen LogP contribution in [0, 0.1) is 0 Å². The van der Waals surface area contributed by atoms with Gasteiger partial charge in [-0.3, -0.25) is 4.57 Å². The molecule has 0 aliphatic rings. The summed E-state index contributed by atoms with van der Waals surface area (Å²) in [4.78, 5) is 0. The van der Waals surface area contributed by atoms with Gasteiger partial charge in [0.05, 0.1) is 6.20 Å². The zero-order chi connectivity index (χ0) is 11.8. The van der Waals surface area contributed by atoms with E-state index in [0.29, 0.717) is 18.1 Å². The summed E-state index contributed by atoms with van der Waals surface area (Å²) in [6.45, 7) is 2.11. The van der Waals surface area contributed by atoms with Crippen LogP contribution in [0.4, 0.5) is 0 Å². The van der Waals surface area contributed by atoms with E-state index in [9.17, 15) is 8.42 Å². The number of nitrogens with one attached hydrogen (secondary N) is 1. The summed E-state index contributed by atoms with van der Waals surface area (Å²) < 4.78 is 23.7. The number of hydrogen-bond donors (Lipinski definition) is 1. The molecule has 0 saturated heterocycles. The second kappa shape index (κ2) is 3.83. The Morgan fingerprint density at radius 1 is 1.50 bits per heavy atom. The summed E-state index contributed by atoms with van der Waals surface area (Å²) in [7, 11) is 1.31. The standard InChI is InChI=1S/C6H7ClN6O2S/c1-2-13-5(4-3-8-12-9-4)10-11-6(13)16(7,14)15/h3H,2H2,1H3,(H,8,9,12). The monoisotopic (exact) mass is 262 g/mol. The molecule has 2 rings (SSSR count). The van der Waals surface area contributed by atoms with E-state index in [2.05, 4.69) is 25.6 Å². The van der Waals surface area contributed by atoms with Crippen LogP contribution in [0.5, 0.6) is 0 Å². The molecule has 2 aromatic heterocycles. The summed E-state index contributed by atoms with van der Waals surface area (Å²) in [5, 5.41) is 16.8. The highest BCUT2D eigenvalue weighted by molar-refractivity contribution is 8.13. The summed E-state index contributed by atoms with van der Waals surface area (Å²) in [6.07, 6.45) is 1.42. The molecule has 8 nitrogen and oxygen atoms in total. The van der Waals surface area contributed by atoms with Crippen molar-refractivity contribution >= 4 is 19.7 Å². The Balaban J connectivity index is 2.63. The fraction of sp³-hybridized carbons (Fsp3) is 0.333. The molecule has 0 saturated carbocycles. The predicted molar refractivity (Wildman–Crippen MR) is 54.1 cm³/mol. The molecule has 10 heteroatoms. The molecule has 0 aliphatic heterocycles. The maximum atomic E-state index is 11.2. The Hall–Kier alpha value is -1.48. The molecule has 0 unspecified atom stereocenters. The molecular formula is C6H7ClN6O2S. The van der Waals surface area contributed by atoms with Crippen LogP contribution in [-0.4, -0.2) is 38.6 Å². The fourth-order valence-electron chi connectivity index (χ4n) is 1.25. The van der Waals surface area contributed by atoms with Crippen molar-refractivity contribution in [3.8, 4) is 11.5 Å². The molecule has 2 heterocycles. The van der Waals surface area contributed by atoms with Gasteiger partial charge in [0.1, 0.15) is 5.69 Å². The first-order valence-electron chi connectivity index (χ1n) is 4.28. The molecule has 0 aromatic carbocycles. The van der Waals surface area contributed by atoms with Gasteiger partial charge in [0.25, 0.3) is 14.2 Å². The molecule has 86 valence electrons. The SMILES string of the molecule is CCn1c(-c2cn[nH]n2)nnc1S(=O)(=O)Cl. The van der Waals surface area contributed by atoms with Crippen LogP contribution in [0.1, 0.15) is 6.92 Å². The van der Waals surface area contributed by atoms with Gasteiger partial charge in [-0.15, -0.1) is 10.2 Å². The number of H-pyrrole nitrogens is 1. The minimum Gasteiger partial charge on any atom is -0.296 e. The number of aromatic amines is 1. The minimum atomic E-state index is -3.91. The summed E-state index contributed by atoms with van der Waals surface area (Å²) in [5.41, 5.74) is 0.404. The molecule has 0 spiro atoms. The van der Waals surface area contributed by atoms with Crippen LogP contribution in [0.15, 0.2) is 11.4 Å². The Morgan fingerprint density at radius 3 is 2.75 bits per heavy atom. The van der Waals surface area contributed by atoms with Crippen LogP contribution in [0.2, 0.25) is 0 Å². The third kappa shape index (κ3) is 1.78. The normalized spacial score (nSPS) is 11.9. The average molecular weight is 263 g/mol. The lowest BCUT2D eigenvalue weighted by Gasteiger charge is -2.02. The largest absolute Gasteiger partial charge is 0.296 e. The highest BCUT2D eigenvalue weighted by atomic mass is 35.7. The molecule has 16 heavy (non-hydrogen) atoms. The summed E-state index contributed by atoms with van der Waals surface area (Å²) in [6, 6.07) is 0. The molecule has 0 amide bonds. The zero-order valence-electron chi connectivity index (χ0n) is 8.12. The maximum absolute atomic E-state index is 11.2. The Labute approximate surface area is 95.1 Å². The fourth-order valence-corrected chi connectivity index (χ4v) is 2.21. The Bertz CT molecular complexity index is 589. The molecule has 0 aliphatic carbocycles. The zero-order valence-corrected chi connectivity index (χ0v) is 9.70. The van der Waals surface area contributed by atoms with Crippen LogP contribution < -0.4 is 0 Å². The topological polar surface area (TPSA) is 106 Å². The first-order chi connectivity index (χ1) is 7.54. The number of rotatable bonds is 3. The average Bonchev–Trinajstić information content (AvgIpc) is 2.84. The van der Waals surface area contributed by atoms with Crippen molar-refractivity contribution in [3.63, 3.8) is 0 Å². The molecule has 0 atom stereocenters. The third-order valence-electron chi connectivity index (χ3n) is 1.90. The van der Waals surface area contributed by atoms with E-state index in [4.69, 9.17) is 10.7 Å².